The lowest BCUT2D eigenvalue weighted by molar-refractivity contribution is 0.0168. The van der Waals surface area contributed by atoms with Crippen molar-refractivity contribution in [3.8, 4) is 0 Å². The molecule has 1 aromatic carbocycles. The Morgan fingerprint density at radius 3 is 2.96 bits per heavy atom. The third-order valence-electron chi connectivity index (χ3n) is 3.63. The van der Waals surface area contributed by atoms with Crippen molar-refractivity contribution in [1.82, 2.24) is 14.9 Å². The van der Waals surface area contributed by atoms with Gasteiger partial charge in [-0.1, -0.05) is 17.7 Å². The summed E-state index contributed by atoms with van der Waals surface area (Å²) in [6.45, 7) is 1.46. The number of aromatic nitrogens is 2. The van der Waals surface area contributed by atoms with Crippen LogP contribution in [-0.4, -0.2) is 33.6 Å². The quantitative estimate of drug-likeness (QED) is 0.453. The Morgan fingerprint density at radius 1 is 1.42 bits per heavy atom. The molecule has 0 aliphatic carbocycles. The van der Waals surface area contributed by atoms with Gasteiger partial charge in [-0.3, -0.25) is 14.0 Å². The van der Waals surface area contributed by atoms with Crippen LogP contribution in [0.15, 0.2) is 36.8 Å². The molecule has 0 saturated heterocycles. The lowest BCUT2D eigenvalue weighted by Gasteiger charge is -2.16. The van der Waals surface area contributed by atoms with Crippen molar-refractivity contribution in [3.05, 3.63) is 58.8 Å². The molecule has 136 valence electrons. The molecule has 0 fully saturated rings. The van der Waals surface area contributed by atoms with E-state index in [0.29, 0.717) is 10.5 Å². The predicted molar refractivity (Wildman–Crippen MR) is 95.1 cm³/mol. The number of carbonyl (C=O) groups is 1. The summed E-state index contributed by atoms with van der Waals surface area (Å²) in [7, 11) is 0. The van der Waals surface area contributed by atoms with E-state index in [-0.39, 0.29) is 30.3 Å². The highest BCUT2D eigenvalue weighted by atomic mass is 35.5. The first-order valence-electron chi connectivity index (χ1n) is 7.72. The van der Waals surface area contributed by atoms with E-state index in [2.05, 4.69) is 15.8 Å². The molecule has 0 radical (unpaired) electrons. The average molecular weight is 379 g/mol. The van der Waals surface area contributed by atoms with Crippen LogP contribution in [0.2, 0.25) is 5.02 Å². The first-order valence-corrected chi connectivity index (χ1v) is 8.09. The van der Waals surface area contributed by atoms with Crippen LogP contribution in [0.1, 0.15) is 15.9 Å². The standard InChI is InChI=1S/C17H16ClFN4O3/c1-10-2-3-14(13(19)6-10)21-16-11(17(25)22-26-5-4-24)7-12(18)15-8-20-9-23(15)16/h2-3,6-9,21,24H,4-5H2,1H3,(H,22,25). The number of benzene rings is 1. The SMILES string of the molecule is Cc1ccc(Nc2c(C(=O)NOCCO)cc(Cl)c3cncn23)c(F)c1. The molecule has 2 heterocycles. The second-order valence-corrected chi connectivity index (χ2v) is 5.92. The van der Waals surface area contributed by atoms with E-state index in [0.717, 1.165) is 5.56 Å². The van der Waals surface area contributed by atoms with Gasteiger partial charge in [0, 0.05) is 0 Å². The largest absolute Gasteiger partial charge is 0.394 e. The van der Waals surface area contributed by atoms with Crippen molar-refractivity contribution in [3.63, 3.8) is 0 Å². The molecule has 3 rings (SSSR count). The normalized spacial score (nSPS) is 10.9. The molecule has 0 saturated carbocycles. The molecule has 3 N–H and O–H groups in total. The summed E-state index contributed by atoms with van der Waals surface area (Å²) >= 11 is 6.21. The highest BCUT2D eigenvalue weighted by molar-refractivity contribution is 6.34. The van der Waals surface area contributed by atoms with Crippen molar-refractivity contribution in [2.75, 3.05) is 18.5 Å². The molecule has 0 aliphatic heterocycles. The Bertz CT molecular complexity index is 961. The van der Waals surface area contributed by atoms with Gasteiger partial charge in [0.15, 0.2) is 0 Å². The van der Waals surface area contributed by atoms with Gasteiger partial charge in [-0.2, -0.15) is 0 Å². The van der Waals surface area contributed by atoms with E-state index >= 15 is 0 Å². The van der Waals surface area contributed by atoms with Gasteiger partial charge in [-0.05, 0) is 30.7 Å². The van der Waals surface area contributed by atoms with Crippen molar-refractivity contribution in [2.24, 2.45) is 0 Å². The van der Waals surface area contributed by atoms with E-state index in [1.807, 2.05) is 0 Å². The summed E-state index contributed by atoms with van der Waals surface area (Å²) in [5.41, 5.74) is 3.85. The molecule has 0 atom stereocenters. The van der Waals surface area contributed by atoms with Gasteiger partial charge in [0.2, 0.25) is 0 Å². The van der Waals surface area contributed by atoms with E-state index < -0.39 is 11.7 Å². The number of nitrogens with zero attached hydrogens (tertiary/aromatic N) is 2. The van der Waals surface area contributed by atoms with Gasteiger partial charge in [0.25, 0.3) is 5.91 Å². The Hall–Kier alpha value is -2.68. The summed E-state index contributed by atoms with van der Waals surface area (Å²) < 4.78 is 15.8. The summed E-state index contributed by atoms with van der Waals surface area (Å²) in [5.74, 6) is -0.795. The highest BCUT2D eigenvalue weighted by Gasteiger charge is 2.19. The maximum absolute atomic E-state index is 14.3. The van der Waals surface area contributed by atoms with E-state index in [4.69, 9.17) is 21.5 Å². The van der Waals surface area contributed by atoms with E-state index in [9.17, 15) is 9.18 Å². The van der Waals surface area contributed by atoms with Crippen molar-refractivity contribution >= 4 is 34.5 Å². The molecule has 9 heteroatoms. The summed E-state index contributed by atoms with van der Waals surface area (Å²) in [4.78, 5) is 21.3. The number of aliphatic hydroxyl groups is 1. The number of nitrogens with one attached hydrogen (secondary N) is 2. The van der Waals surface area contributed by atoms with E-state index in [1.54, 1.807) is 23.5 Å². The number of anilines is 2. The van der Waals surface area contributed by atoms with Crippen LogP contribution in [0.4, 0.5) is 15.9 Å². The third kappa shape index (κ3) is 3.62. The number of aryl methyl sites for hydroxylation is 1. The minimum atomic E-state index is -0.606. The molecule has 0 spiro atoms. The average Bonchev–Trinajstić information content (AvgIpc) is 3.09. The summed E-state index contributed by atoms with van der Waals surface area (Å²) in [5, 5.41) is 12.0. The van der Waals surface area contributed by atoms with Gasteiger partial charge in [-0.15, -0.1) is 0 Å². The number of hydrogen-bond donors (Lipinski definition) is 3. The zero-order chi connectivity index (χ0) is 18.7. The Labute approximate surface area is 153 Å². The zero-order valence-corrected chi connectivity index (χ0v) is 14.5. The van der Waals surface area contributed by atoms with Crippen LogP contribution < -0.4 is 10.8 Å². The molecular formula is C17H16ClFN4O3. The molecule has 3 aromatic rings. The monoisotopic (exact) mass is 378 g/mol. The summed E-state index contributed by atoms with van der Waals surface area (Å²) in [6, 6.07) is 6.14. The number of hydroxylamine groups is 1. The fourth-order valence-corrected chi connectivity index (χ4v) is 2.66. The van der Waals surface area contributed by atoms with Crippen LogP contribution in [-0.2, 0) is 4.84 Å². The Balaban J connectivity index is 2.06. The number of carbonyl (C=O) groups excluding carboxylic acids is 1. The van der Waals surface area contributed by atoms with Gasteiger partial charge >= 0.3 is 0 Å². The second kappa shape index (κ2) is 7.69. The molecule has 7 nitrogen and oxygen atoms in total. The molecule has 1 amide bonds. The van der Waals surface area contributed by atoms with Gasteiger partial charge in [-0.25, -0.2) is 14.9 Å². The van der Waals surface area contributed by atoms with Crippen LogP contribution in [0.3, 0.4) is 0 Å². The van der Waals surface area contributed by atoms with E-state index in [1.165, 1.54) is 24.7 Å². The first-order chi connectivity index (χ1) is 12.5. The van der Waals surface area contributed by atoms with Gasteiger partial charge in [0.1, 0.15) is 18.0 Å². The fraction of sp³-hybridized carbons (Fsp3) is 0.176. The molecular weight excluding hydrogens is 363 g/mol. The number of fused-ring (bicyclic) bond motifs is 1. The van der Waals surface area contributed by atoms with Crippen molar-refractivity contribution < 1.29 is 19.1 Å². The smallest absolute Gasteiger partial charge is 0.278 e. The van der Waals surface area contributed by atoms with Crippen molar-refractivity contribution in [1.29, 1.82) is 0 Å². The minimum Gasteiger partial charge on any atom is -0.394 e. The number of amides is 1. The number of hydrogen-bond acceptors (Lipinski definition) is 5. The minimum absolute atomic E-state index is 0.0673. The maximum Gasteiger partial charge on any atom is 0.278 e. The predicted octanol–water partition coefficient (Wildman–Crippen LogP) is 2.83. The number of imidazole rings is 1. The van der Waals surface area contributed by atoms with Gasteiger partial charge in [0.05, 0.1) is 41.2 Å². The van der Waals surface area contributed by atoms with Crippen LogP contribution >= 0.6 is 11.6 Å². The van der Waals surface area contributed by atoms with Crippen LogP contribution in [0.25, 0.3) is 5.52 Å². The molecule has 0 unspecified atom stereocenters. The molecule has 0 bridgehead atoms. The lowest BCUT2D eigenvalue weighted by Crippen LogP contribution is -2.26. The third-order valence-corrected chi connectivity index (χ3v) is 3.93. The lowest BCUT2D eigenvalue weighted by atomic mass is 10.2. The van der Waals surface area contributed by atoms with Crippen LogP contribution in [0.5, 0.6) is 0 Å². The maximum atomic E-state index is 14.3. The molecule has 2 aromatic heterocycles. The number of pyridine rings is 1. The highest BCUT2D eigenvalue weighted by Crippen LogP contribution is 2.29. The second-order valence-electron chi connectivity index (χ2n) is 5.51. The van der Waals surface area contributed by atoms with Gasteiger partial charge < -0.3 is 10.4 Å². The fourth-order valence-electron chi connectivity index (χ4n) is 2.42. The molecule has 26 heavy (non-hydrogen) atoms. The Kier molecular flexibility index (Phi) is 5.36. The molecule has 0 aliphatic rings. The van der Waals surface area contributed by atoms with Crippen molar-refractivity contribution in [2.45, 2.75) is 6.92 Å². The summed E-state index contributed by atoms with van der Waals surface area (Å²) in [6.07, 6.45) is 2.99. The Morgan fingerprint density at radius 2 is 2.23 bits per heavy atom. The van der Waals surface area contributed by atoms with Crippen LogP contribution in [0, 0.1) is 12.7 Å². The number of rotatable bonds is 6. The number of aliphatic hydroxyl groups excluding tert-OH is 1. The number of halogens is 2. The first kappa shape index (κ1) is 18.1. The zero-order valence-electron chi connectivity index (χ0n) is 13.8. The topological polar surface area (TPSA) is 87.9 Å².